The van der Waals surface area contributed by atoms with E-state index in [2.05, 4.69) is 177 Å². The zero-order chi connectivity index (χ0) is 53.8. The molecule has 10 aromatic carbocycles. The Labute approximate surface area is 448 Å². The van der Waals surface area contributed by atoms with Gasteiger partial charge in [0.2, 0.25) is 0 Å². The lowest BCUT2D eigenvalue weighted by Gasteiger charge is -2.19. The van der Waals surface area contributed by atoms with Gasteiger partial charge in [-0.15, -0.1) is 0 Å². The fourth-order valence-electron chi connectivity index (χ4n) is 10.6. The molecule has 11 N–H and O–H groups in total. The Kier molecular flexibility index (Phi) is 12.6. The number of nitrogens with zero attached hydrogens (tertiary/aromatic N) is 3. The summed E-state index contributed by atoms with van der Waals surface area (Å²) in [6.45, 7) is 13.6. The predicted molar refractivity (Wildman–Crippen MR) is 332 cm³/mol. The Balaban J connectivity index is 0.000000113. The van der Waals surface area contributed by atoms with Crippen LogP contribution in [0.2, 0.25) is 0 Å². The summed E-state index contributed by atoms with van der Waals surface area (Å²) in [6, 6.07) is 75.1. The summed E-state index contributed by atoms with van der Waals surface area (Å²) in [5, 5.41) is 9.85. The number of benzene rings is 10. The smallest absolute Gasteiger partial charge is 0.0703 e. The monoisotopic (exact) mass is 1010 g/mol. The molecule has 0 spiro atoms. The molecule has 77 heavy (non-hydrogen) atoms. The van der Waals surface area contributed by atoms with Crippen LogP contribution >= 0.6 is 0 Å². The lowest BCUT2D eigenvalue weighted by Crippen LogP contribution is -2.10. The van der Waals surface area contributed by atoms with Gasteiger partial charge in [-0.05, 0) is 131 Å². The molecule has 14 aromatic rings. The zero-order valence-electron chi connectivity index (χ0n) is 44.5. The third-order valence-electron chi connectivity index (χ3n) is 14.7. The molecule has 0 amide bonds. The number of H-pyrrole nitrogens is 1. The first kappa shape index (κ1) is 49.6. The molecule has 9 heteroatoms. The number of nitrogens with two attached hydrogens (primary N) is 5. The third kappa shape index (κ3) is 9.27. The average molecular weight is 1010 g/mol. The minimum absolute atomic E-state index is 0.117. The topological polar surface area (TPSA) is 161 Å². The fraction of sp³-hybridized carbons (Fsp3) is 0.118. The van der Waals surface area contributed by atoms with Crippen LogP contribution in [-0.2, 0) is 10.8 Å². The normalized spacial score (nSPS) is 11.8. The number of hydrogen-bond donors (Lipinski definition) is 6. The van der Waals surface area contributed by atoms with E-state index in [1.54, 1.807) is 4.68 Å². The molecule has 0 fully saturated rings. The number of nitrogens with one attached hydrogen (secondary N) is 1. The molecule has 4 aromatic heterocycles. The van der Waals surface area contributed by atoms with Gasteiger partial charge in [-0.1, -0.05) is 151 Å². The minimum Gasteiger partial charge on any atom is -0.399 e. The van der Waals surface area contributed by atoms with E-state index in [1.165, 1.54) is 65.5 Å². The van der Waals surface area contributed by atoms with Crippen LogP contribution in [0.4, 0.5) is 22.7 Å². The highest BCUT2D eigenvalue weighted by Gasteiger charge is 2.21. The van der Waals surface area contributed by atoms with Crippen molar-refractivity contribution in [3.8, 4) is 11.4 Å². The van der Waals surface area contributed by atoms with Gasteiger partial charge in [0.05, 0.1) is 55.5 Å². The lowest BCUT2D eigenvalue weighted by atomic mass is 9.85. The van der Waals surface area contributed by atoms with Gasteiger partial charge in [-0.3, -0.25) is 4.68 Å². The Bertz CT molecular complexity index is 4220. The summed E-state index contributed by atoms with van der Waals surface area (Å²) in [5.41, 5.74) is 40.8. The highest BCUT2D eigenvalue weighted by atomic mass is 15.3. The second-order valence-electron chi connectivity index (χ2n) is 21.9. The van der Waals surface area contributed by atoms with Crippen molar-refractivity contribution in [3.63, 3.8) is 0 Å². The van der Waals surface area contributed by atoms with E-state index in [0.717, 1.165) is 67.0 Å². The second-order valence-corrected chi connectivity index (χ2v) is 21.9. The summed E-state index contributed by atoms with van der Waals surface area (Å²) in [5.74, 6) is 5.99. The van der Waals surface area contributed by atoms with Gasteiger partial charge in [0.1, 0.15) is 0 Å². The molecule has 0 aliphatic carbocycles. The van der Waals surface area contributed by atoms with E-state index < -0.39 is 0 Å². The second kappa shape index (κ2) is 19.6. The van der Waals surface area contributed by atoms with Crippen LogP contribution in [0.3, 0.4) is 0 Å². The Hall–Kier alpha value is -9.60. The molecule has 0 unspecified atom stereocenters. The van der Waals surface area contributed by atoms with E-state index in [0.29, 0.717) is 0 Å². The minimum atomic E-state index is 0.117. The molecule has 0 bridgehead atoms. The number of fused-ring (bicyclic) bond motifs is 12. The summed E-state index contributed by atoms with van der Waals surface area (Å²) < 4.78 is 6.37. The van der Waals surface area contributed by atoms with Gasteiger partial charge in [-0.25, -0.2) is 0 Å². The van der Waals surface area contributed by atoms with Crippen LogP contribution in [-0.4, -0.2) is 18.8 Å². The quantitative estimate of drug-likeness (QED) is 0.0750. The van der Waals surface area contributed by atoms with Crippen molar-refractivity contribution in [2.45, 2.75) is 52.4 Å². The number of anilines is 4. The molecule has 0 aliphatic rings. The van der Waals surface area contributed by atoms with E-state index in [4.69, 9.17) is 28.8 Å². The zero-order valence-corrected chi connectivity index (χ0v) is 44.5. The van der Waals surface area contributed by atoms with Gasteiger partial charge in [0, 0.05) is 65.8 Å². The predicted octanol–water partition coefficient (Wildman–Crippen LogP) is 16.3. The van der Waals surface area contributed by atoms with Crippen LogP contribution in [0.5, 0.6) is 0 Å². The summed E-state index contributed by atoms with van der Waals surface area (Å²) in [6.07, 6.45) is 0. The maximum absolute atomic E-state index is 5.99. The van der Waals surface area contributed by atoms with Crippen LogP contribution in [0, 0.1) is 0 Å². The van der Waals surface area contributed by atoms with Crippen LogP contribution in [0.25, 0.3) is 98.6 Å². The summed E-state index contributed by atoms with van der Waals surface area (Å²) in [4.78, 5) is 3.26. The van der Waals surface area contributed by atoms with Crippen molar-refractivity contribution in [2.24, 2.45) is 0 Å². The van der Waals surface area contributed by atoms with Crippen molar-refractivity contribution in [2.75, 3.05) is 28.8 Å². The van der Waals surface area contributed by atoms with E-state index in [-0.39, 0.29) is 10.8 Å². The first-order valence-corrected chi connectivity index (χ1v) is 26.1. The first-order valence-electron chi connectivity index (χ1n) is 26.1. The van der Waals surface area contributed by atoms with Crippen molar-refractivity contribution >= 4 is 110 Å². The van der Waals surface area contributed by atoms with Crippen molar-refractivity contribution in [1.29, 1.82) is 0 Å². The van der Waals surface area contributed by atoms with Gasteiger partial charge in [0.15, 0.2) is 0 Å². The number of aromatic amines is 1. The molecular weight excluding hydrogens is 943 g/mol. The summed E-state index contributed by atoms with van der Waals surface area (Å²) >= 11 is 0. The van der Waals surface area contributed by atoms with Gasteiger partial charge >= 0.3 is 0 Å². The average Bonchev–Trinajstić information content (AvgIpc) is 4.24. The molecule has 0 saturated heterocycles. The lowest BCUT2D eigenvalue weighted by molar-refractivity contribution is 0.590. The highest BCUT2D eigenvalue weighted by Crippen LogP contribution is 2.38. The van der Waals surface area contributed by atoms with Gasteiger partial charge < -0.3 is 42.9 Å². The van der Waals surface area contributed by atoms with Crippen LogP contribution < -0.4 is 28.8 Å². The molecule has 4 heterocycles. The summed E-state index contributed by atoms with van der Waals surface area (Å²) in [7, 11) is 0. The maximum atomic E-state index is 5.99. The number of hydrogen-bond acceptors (Lipinski definition) is 5. The van der Waals surface area contributed by atoms with Crippen LogP contribution in [0.15, 0.2) is 218 Å². The van der Waals surface area contributed by atoms with Crippen molar-refractivity contribution < 1.29 is 0 Å². The first-order chi connectivity index (χ1) is 37.0. The molecule has 0 atom stereocenters. The fourth-order valence-corrected chi connectivity index (χ4v) is 10.6. The van der Waals surface area contributed by atoms with Gasteiger partial charge in [-0.2, -0.15) is 0 Å². The van der Waals surface area contributed by atoms with E-state index in [1.807, 2.05) is 97.1 Å². The number of para-hydroxylation sites is 6. The standard InChI is InChI=1S/C26H30N2.C18H14N2.C12H11N3.C12H10N2/c1-25(2,3)17-7-13-23-21(15-17)22-16-18(26(4,5)6)8-14-24(22)28(23)20-11-9-19(27)10-12-20;19-13-9-11-14(12-10-13)20-17-7-3-1-5-15(17)16-6-2-4-8-18(16)20;13-9-5-1-3-7-8-4-2-6-10(14)12(8)15-11(7)9;13-14-11-7-3-1-5-9(11)10-6-2-4-8-12(10)14/h7-16H,27H2,1-6H3;1-12H,19H2;1-6,15H,13-14H2;1-8H,13H2. The SMILES string of the molecule is CC(C)(C)c1ccc2c(c1)c1cc(C(C)(C)C)ccc1n2-c1ccc(N)cc1.Nc1ccc(-n2c3ccccc3c3ccccc32)cc1.Nc1cccc2c1[nH]c1c(N)cccc12.Nn1c2ccccc2c2ccccc21. The molecule has 0 aliphatic heterocycles. The van der Waals surface area contributed by atoms with Gasteiger partial charge in [0.25, 0.3) is 0 Å². The molecular formula is C68H65N9. The number of nitrogen functional groups attached to an aromatic ring is 5. The van der Waals surface area contributed by atoms with Crippen molar-refractivity contribution in [1.82, 2.24) is 18.8 Å². The van der Waals surface area contributed by atoms with Crippen LogP contribution in [0.1, 0.15) is 52.7 Å². The largest absolute Gasteiger partial charge is 0.399 e. The molecule has 9 nitrogen and oxygen atoms in total. The Morgan fingerprint density at radius 3 is 0.987 bits per heavy atom. The third-order valence-corrected chi connectivity index (χ3v) is 14.7. The molecule has 14 rings (SSSR count). The van der Waals surface area contributed by atoms with E-state index in [9.17, 15) is 0 Å². The number of rotatable bonds is 2. The highest BCUT2D eigenvalue weighted by molar-refractivity contribution is 6.14. The molecule has 0 saturated carbocycles. The maximum Gasteiger partial charge on any atom is 0.0703 e. The Morgan fingerprint density at radius 2 is 0.623 bits per heavy atom. The Morgan fingerprint density at radius 1 is 0.312 bits per heavy atom. The van der Waals surface area contributed by atoms with Crippen molar-refractivity contribution in [3.05, 3.63) is 230 Å². The van der Waals surface area contributed by atoms with E-state index >= 15 is 0 Å². The molecule has 382 valence electrons. The molecule has 0 radical (unpaired) electrons. The number of aromatic nitrogens is 4.